The Labute approximate surface area is 89.1 Å². The fourth-order valence-corrected chi connectivity index (χ4v) is 1.07. The molecule has 0 atom stereocenters. The molecule has 0 bridgehead atoms. The van der Waals surface area contributed by atoms with Crippen LogP contribution in [0.3, 0.4) is 0 Å². The van der Waals surface area contributed by atoms with E-state index in [1.165, 1.54) is 0 Å². The van der Waals surface area contributed by atoms with Crippen LogP contribution in [0.15, 0.2) is 29.4 Å². The molecule has 0 aliphatic rings. The van der Waals surface area contributed by atoms with E-state index in [-0.39, 0.29) is 5.96 Å². The Morgan fingerprint density at radius 3 is 2.80 bits per heavy atom. The molecule has 0 fully saturated rings. The molecule has 5 N–H and O–H groups in total. The molecule has 0 saturated heterocycles. The van der Waals surface area contributed by atoms with Crippen molar-refractivity contribution in [3.8, 4) is 5.75 Å². The van der Waals surface area contributed by atoms with E-state index in [1.807, 2.05) is 31.2 Å². The molecule has 1 rings (SSSR count). The number of hydrogen-bond acceptors (Lipinski definition) is 3. The summed E-state index contributed by atoms with van der Waals surface area (Å²) in [5.41, 5.74) is 14.1. The van der Waals surface area contributed by atoms with Gasteiger partial charge < -0.3 is 21.6 Å². The Morgan fingerprint density at radius 1 is 1.40 bits per heavy atom. The Morgan fingerprint density at radius 2 is 2.13 bits per heavy atom. The minimum absolute atomic E-state index is 0.0193. The zero-order chi connectivity index (χ0) is 11.1. The van der Waals surface area contributed by atoms with Crippen LogP contribution in [0, 0.1) is 6.92 Å². The second-order valence-corrected chi connectivity index (χ2v) is 3.06. The number of aryl methyl sites for hydroxylation is 1. The highest BCUT2D eigenvalue weighted by Gasteiger charge is 1.95. The van der Waals surface area contributed by atoms with Crippen LogP contribution >= 0.6 is 0 Å². The molecule has 15 heavy (non-hydrogen) atoms. The summed E-state index contributed by atoms with van der Waals surface area (Å²) in [4.78, 5) is 0. The van der Waals surface area contributed by atoms with Gasteiger partial charge in [0.25, 0.3) is 0 Å². The molecule has 1 aromatic carbocycles. The van der Waals surface area contributed by atoms with E-state index in [9.17, 15) is 0 Å². The third kappa shape index (κ3) is 4.21. The van der Waals surface area contributed by atoms with E-state index >= 15 is 0 Å². The number of benzene rings is 1. The van der Waals surface area contributed by atoms with Crippen molar-refractivity contribution in [2.24, 2.45) is 16.6 Å². The zero-order valence-electron chi connectivity index (χ0n) is 8.73. The van der Waals surface area contributed by atoms with Crippen molar-refractivity contribution < 1.29 is 4.74 Å². The number of para-hydroxylation sites is 1. The van der Waals surface area contributed by atoms with Gasteiger partial charge in [-0.3, -0.25) is 0 Å². The van der Waals surface area contributed by atoms with Crippen molar-refractivity contribution in [2.45, 2.75) is 6.92 Å². The quantitative estimate of drug-likeness (QED) is 0.278. The molecule has 0 amide bonds. The molecule has 5 heteroatoms. The van der Waals surface area contributed by atoms with Gasteiger partial charge in [-0.2, -0.15) is 0 Å². The molecule has 0 unspecified atom stereocenters. The minimum Gasteiger partial charge on any atom is -0.491 e. The summed E-state index contributed by atoms with van der Waals surface area (Å²) in [6, 6.07) is 7.83. The molecule has 0 radical (unpaired) electrons. The van der Waals surface area contributed by atoms with Crippen LogP contribution in [0.2, 0.25) is 0 Å². The standard InChI is InChI=1S/C10H16N4O/c1-8-4-2-3-5-9(8)15-7-6-13-14-10(11)12/h2-5,13H,6-7H2,1H3,(H4,11,12,14). The largest absolute Gasteiger partial charge is 0.491 e. The third-order valence-corrected chi connectivity index (χ3v) is 1.77. The van der Waals surface area contributed by atoms with Crippen molar-refractivity contribution in [2.75, 3.05) is 13.2 Å². The van der Waals surface area contributed by atoms with Crippen molar-refractivity contribution in [3.63, 3.8) is 0 Å². The number of hydrazone groups is 1. The lowest BCUT2D eigenvalue weighted by molar-refractivity contribution is 0.313. The van der Waals surface area contributed by atoms with Crippen molar-refractivity contribution in [3.05, 3.63) is 29.8 Å². The zero-order valence-corrected chi connectivity index (χ0v) is 8.73. The topological polar surface area (TPSA) is 85.7 Å². The van der Waals surface area contributed by atoms with Gasteiger partial charge in [0.1, 0.15) is 12.4 Å². The van der Waals surface area contributed by atoms with Crippen LogP contribution in [-0.4, -0.2) is 19.1 Å². The average molecular weight is 208 g/mol. The Bertz CT molecular complexity index is 334. The highest BCUT2D eigenvalue weighted by Crippen LogP contribution is 2.15. The Kier molecular flexibility index (Phi) is 4.28. The lowest BCUT2D eigenvalue weighted by Gasteiger charge is -2.08. The molecule has 0 aromatic heterocycles. The summed E-state index contributed by atoms with van der Waals surface area (Å²) in [5, 5.41) is 3.62. The van der Waals surface area contributed by atoms with Crippen molar-refractivity contribution in [1.29, 1.82) is 0 Å². The Balaban J connectivity index is 2.26. The van der Waals surface area contributed by atoms with E-state index in [2.05, 4.69) is 10.5 Å². The third-order valence-electron chi connectivity index (χ3n) is 1.77. The van der Waals surface area contributed by atoms with Crippen LogP contribution in [0.5, 0.6) is 5.75 Å². The molecule has 0 spiro atoms. The van der Waals surface area contributed by atoms with E-state index in [0.29, 0.717) is 13.2 Å². The molecule has 0 aliphatic heterocycles. The molecule has 0 heterocycles. The van der Waals surface area contributed by atoms with Crippen LogP contribution in [0.1, 0.15) is 5.56 Å². The lowest BCUT2D eigenvalue weighted by atomic mass is 10.2. The van der Waals surface area contributed by atoms with E-state index in [4.69, 9.17) is 16.2 Å². The molecular formula is C10H16N4O. The lowest BCUT2D eigenvalue weighted by Crippen LogP contribution is -2.27. The van der Waals surface area contributed by atoms with Crippen LogP contribution in [0.25, 0.3) is 0 Å². The van der Waals surface area contributed by atoms with Gasteiger partial charge in [0.15, 0.2) is 0 Å². The van der Waals surface area contributed by atoms with Crippen molar-refractivity contribution >= 4 is 5.96 Å². The normalized spacial score (nSPS) is 9.40. The van der Waals surface area contributed by atoms with Gasteiger partial charge in [-0.05, 0) is 18.6 Å². The summed E-state index contributed by atoms with van der Waals surface area (Å²) in [6.07, 6.45) is 0. The van der Waals surface area contributed by atoms with E-state index in [0.717, 1.165) is 11.3 Å². The fourth-order valence-electron chi connectivity index (χ4n) is 1.07. The van der Waals surface area contributed by atoms with Crippen molar-refractivity contribution in [1.82, 2.24) is 5.43 Å². The van der Waals surface area contributed by atoms with Gasteiger partial charge >= 0.3 is 0 Å². The number of hydrogen-bond donors (Lipinski definition) is 3. The van der Waals surface area contributed by atoms with Crippen LogP contribution < -0.4 is 21.6 Å². The summed E-state index contributed by atoms with van der Waals surface area (Å²) in [5.74, 6) is 0.898. The molecule has 5 nitrogen and oxygen atoms in total. The SMILES string of the molecule is Cc1ccccc1OCCNN=C(N)N. The maximum atomic E-state index is 5.51. The maximum Gasteiger partial charge on any atom is 0.208 e. The van der Waals surface area contributed by atoms with E-state index < -0.39 is 0 Å². The van der Waals surface area contributed by atoms with Gasteiger partial charge in [0.05, 0.1) is 6.54 Å². The van der Waals surface area contributed by atoms with Crippen LogP contribution in [0.4, 0.5) is 0 Å². The first-order valence-electron chi connectivity index (χ1n) is 4.70. The predicted octanol–water partition coefficient (Wildman–Crippen LogP) is 0.152. The monoisotopic (exact) mass is 208 g/mol. The van der Waals surface area contributed by atoms with Gasteiger partial charge in [-0.15, -0.1) is 5.10 Å². The van der Waals surface area contributed by atoms with Gasteiger partial charge in [0, 0.05) is 0 Å². The number of ether oxygens (including phenoxy) is 1. The second kappa shape index (κ2) is 5.74. The summed E-state index contributed by atoms with van der Waals surface area (Å²) in [7, 11) is 0. The number of guanidine groups is 1. The summed E-state index contributed by atoms with van der Waals surface area (Å²) in [6.45, 7) is 3.08. The average Bonchev–Trinajstić information content (AvgIpc) is 2.20. The van der Waals surface area contributed by atoms with Gasteiger partial charge in [-0.1, -0.05) is 18.2 Å². The summed E-state index contributed by atoms with van der Waals surface area (Å²) >= 11 is 0. The van der Waals surface area contributed by atoms with Crippen LogP contribution in [-0.2, 0) is 0 Å². The first kappa shape index (κ1) is 11.2. The molecular weight excluding hydrogens is 192 g/mol. The smallest absolute Gasteiger partial charge is 0.208 e. The highest BCUT2D eigenvalue weighted by atomic mass is 16.5. The minimum atomic E-state index is 0.0193. The van der Waals surface area contributed by atoms with Gasteiger partial charge in [0.2, 0.25) is 5.96 Å². The number of nitrogens with zero attached hydrogens (tertiary/aromatic N) is 1. The molecule has 0 saturated carbocycles. The number of rotatable bonds is 5. The number of nitrogens with two attached hydrogens (primary N) is 2. The first-order valence-corrected chi connectivity index (χ1v) is 4.70. The second-order valence-electron chi connectivity index (χ2n) is 3.06. The maximum absolute atomic E-state index is 5.51. The first-order chi connectivity index (χ1) is 7.20. The summed E-state index contributed by atoms with van der Waals surface area (Å²) < 4.78 is 5.51. The predicted molar refractivity (Wildman–Crippen MR) is 60.5 cm³/mol. The Hall–Kier alpha value is -1.91. The molecule has 82 valence electrons. The number of nitrogens with one attached hydrogen (secondary N) is 1. The molecule has 0 aliphatic carbocycles. The highest BCUT2D eigenvalue weighted by molar-refractivity contribution is 5.75. The van der Waals surface area contributed by atoms with E-state index in [1.54, 1.807) is 0 Å². The van der Waals surface area contributed by atoms with Gasteiger partial charge in [-0.25, -0.2) is 0 Å². The molecule has 1 aromatic rings. The fraction of sp³-hybridized carbons (Fsp3) is 0.300.